The van der Waals surface area contributed by atoms with Gasteiger partial charge in [0.25, 0.3) is 11.8 Å². The van der Waals surface area contributed by atoms with Crippen LogP contribution in [0.1, 0.15) is 27.1 Å². The summed E-state index contributed by atoms with van der Waals surface area (Å²) in [5.74, 6) is -1.74. The quantitative estimate of drug-likeness (QED) is 0.201. The molecule has 0 spiro atoms. The lowest BCUT2D eigenvalue weighted by Gasteiger charge is -2.30. The summed E-state index contributed by atoms with van der Waals surface area (Å²) in [7, 11) is 4.01. The molecule has 4 rings (SSSR count). The number of nitrogens with two attached hydrogens (primary N) is 1. The van der Waals surface area contributed by atoms with E-state index in [4.69, 9.17) is 22.1 Å². The second kappa shape index (κ2) is 13.5. The molecule has 0 radical (unpaired) electrons. The van der Waals surface area contributed by atoms with Crippen molar-refractivity contribution in [1.29, 1.82) is 0 Å². The number of hydrogen-bond acceptors (Lipinski definition) is 7. The highest BCUT2D eigenvalue weighted by Gasteiger charge is 2.24. The number of nitrogens with one attached hydrogen (secondary N) is 2. The van der Waals surface area contributed by atoms with E-state index >= 15 is 0 Å². The first-order chi connectivity index (χ1) is 19.2. The molecular weight excluding hydrogens is 535 g/mol. The van der Waals surface area contributed by atoms with E-state index in [1.165, 1.54) is 12.1 Å². The van der Waals surface area contributed by atoms with Gasteiger partial charge < -0.3 is 25.6 Å². The molecule has 4 N–H and O–H groups in total. The number of amides is 2. The second-order valence-electron chi connectivity index (χ2n) is 9.74. The first-order valence-electron chi connectivity index (χ1n) is 13.0. The molecule has 0 atom stereocenters. The molecule has 0 aliphatic carbocycles. The van der Waals surface area contributed by atoms with E-state index in [1.54, 1.807) is 48.5 Å². The fourth-order valence-corrected chi connectivity index (χ4v) is 4.43. The lowest BCUT2D eigenvalue weighted by atomic mass is 10.1. The summed E-state index contributed by atoms with van der Waals surface area (Å²) in [5, 5.41) is 4.78. The van der Waals surface area contributed by atoms with E-state index in [-0.39, 0.29) is 22.5 Å². The van der Waals surface area contributed by atoms with Crippen LogP contribution < -0.4 is 26.4 Å². The Hall–Kier alpha value is -3.86. The summed E-state index contributed by atoms with van der Waals surface area (Å²) in [5.41, 5.74) is 10.9. The van der Waals surface area contributed by atoms with Crippen molar-refractivity contribution in [2.24, 2.45) is 0 Å². The summed E-state index contributed by atoms with van der Waals surface area (Å²) < 4.78 is 20.3. The fraction of sp³-hybridized carbons (Fsp3) is 0.310. The van der Waals surface area contributed by atoms with Crippen molar-refractivity contribution in [1.82, 2.24) is 10.3 Å². The Morgan fingerprint density at radius 3 is 2.48 bits per heavy atom. The molecule has 3 aromatic rings. The van der Waals surface area contributed by atoms with E-state index in [9.17, 15) is 14.0 Å². The van der Waals surface area contributed by atoms with Crippen LogP contribution in [0.5, 0.6) is 0 Å². The third-order valence-electron chi connectivity index (χ3n) is 6.42. The highest BCUT2D eigenvalue weighted by Crippen LogP contribution is 2.27. The number of morpholine rings is 1. The number of nitrogens with zero attached hydrogens (tertiary/aromatic N) is 3. The standard InChI is InChI=1S/C29H34ClFN6O3/c1-35(2)11-3-10-33-23-8-9-27(32)26(18-23)28(38)34-37(29(39)20-4-6-21(30)7-5-20)25-17-22(31)16-24(19-25)36-12-14-40-15-13-36/h4-9,16-19,33H,3,10-15,32H2,1-2H3,(H,34,38). The van der Waals surface area contributed by atoms with Gasteiger partial charge in [-0.15, -0.1) is 0 Å². The molecule has 0 unspecified atom stereocenters. The van der Waals surface area contributed by atoms with Gasteiger partial charge in [-0.2, -0.15) is 0 Å². The molecule has 0 bridgehead atoms. The van der Waals surface area contributed by atoms with Gasteiger partial charge in [0, 0.05) is 47.3 Å². The van der Waals surface area contributed by atoms with Crippen molar-refractivity contribution >= 4 is 46.2 Å². The Morgan fingerprint density at radius 2 is 1.77 bits per heavy atom. The lowest BCUT2D eigenvalue weighted by molar-refractivity contribution is 0.0888. The molecule has 11 heteroatoms. The SMILES string of the molecule is CN(C)CCCNc1ccc(N)c(C(=O)NN(C(=O)c2ccc(Cl)cc2)c2cc(F)cc(N3CCOCC3)c2)c1. The average molecular weight is 569 g/mol. The van der Waals surface area contributed by atoms with E-state index in [1.807, 2.05) is 19.0 Å². The van der Waals surface area contributed by atoms with Crippen LogP contribution >= 0.6 is 11.6 Å². The average Bonchev–Trinajstić information content (AvgIpc) is 2.94. The number of benzene rings is 3. The van der Waals surface area contributed by atoms with Gasteiger partial charge in [0.05, 0.1) is 24.5 Å². The summed E-state index contributed by atoms with van der Waals surface area (Å²) >= 11 is 6.02. The third kappa shape index (κ3) is 7.62. The number of hydrazine groups is 1. The molecule has 1 saturated heterocycles. The molecule has 9 nitrogen and oxygen atoms in total. The molecule has 1 aliphatic heterocycles. The monoisotopic (exact) mass is 568 g/mol. The minimum absolute atomic E-state index is 0.159. The summed E-state index contributed by atoms with van der Waals surface area (Å²) in [6, 6.07) is 15.5. The number of halogens is 2. The number of nitrogen functional groups attached to an aromatic ring is 1. The molecule has 1 heterocycles. The Morgan fingerprint density at radius 1 is 1.05 bits per heavy atom. The normalized spacial score (nSPS) is 13.3. The van der Waals surface area contributed by atoms with E-state index in [2.05, 4.69) is 15.6 Å². The van der Waals surface area contributed by atoms with Gasteiger partial charge in [0.15, 0.2) is 0 Å². The van der Waals surface area contributed by atoms with Crippen molar-refractivity contribution in [3.8, 4) is 0 Å². The van der Waals surface area contributed by atoms with Crippen molar-refractivity contribution in [3.05, 3.63) is 82.6 Å². The Bertz CT molecular complexity index is 1330. The molecule has 212 valence electrons. The smallest absolute Gasteiger partial charge is 0.277 e. The minimum Gasteiger partial charge on any atom is -0.398 e. The van der Waals surface area contributed by atoms with Crippen LogP contribution in [0.4, 0.5) is 27.1 Å². The first-order valence-corrected chi connectivity index (χ1v) is 13.4. The van der Waals surface area contributed by atoms with Gasteiger partial charge >= 0.3 is 0 Å². The van der Waals surface area contributed by atoms with Crippen LogP contribution in [-0.4, -0.2) is 70.2 Å². The number of anilines is 4. The van der Waals surface area contributed by atoms with Crippen LogP contribution in [0.2, 0.25) is 5.02 Å². The van der Waals surface area contributed by atoms with Crippen LogP contribution in [0.3, 0.4) is 0 Å². The second-order valence-corrected chi connectivity index (χ2v) is 10.2. The molecule has 2 amide bonds. The molecular formula is C29H34ClFN6O3. The van der Waals surface area contributed by atoms with Gasteiger partial charge in [-0.1, -0.05) is 11.6 Å². The number of ether oxygens (including phenoxy) is 1. The predicted molar refractivity (Wildman–Crippen MR) is 158 cm³/mol. The summed E-state index contributed by atoms with van der Waals surface area (Å²) in [4.78, 5) is 31.2. The van der Waals surface area contributed by atoms with Gasteiger partial charge in [-0.25, -0.2) is 9.40 Å². The number of hydrogen-bond donors (Lipinski definition) is 3. The van der Waals surface area contributed by atoms with Crippen molar-refractivity contribution in [3.63, 3.8) is 0 Å². The van der Waals surface area contributed by atoms with Gasteiger partial charge in [0.2, 0.25) is 0 Å². The van der Waals surface area contributed by atoms with E-state index < -0.39 is 17.6 Å². The highest BCUT2D eigenvalue weighted by molar-refractivity contribution is 6.30. The van der Waals surface area contributed by atoms with Gasteiger partial charge in [-0.3, -0.25) is 15.0 Å². The molecule has 1 fully saturated rings. The van der Waals surface area contributed by atoms with Crippen LogP contribution in [0.15, 0.2) is 60.7 Å². The topological polar surface area (TPSA) is 103 Å². The maximum Gasteiger partial charge on any atom is 0.277 e. The minimum atomic E-state index is -0.617. The molecule has 0 saturated carbocycles. The third-order valence-corrected chi connectivity index (χ3v) is 6.67. The van der Waals surface area contributed by atoms with E-state index in [0.29, 0.717) is 49.2 Å². The van der Waals surface area contributed by atoms with Gasteiger partial charge in [0.1, 0.15) is 5.82 Å². The molecule has 40 heavy (non-hydrogen) atoms. The van der Waals surface area contributed by atoms with Crippen LogP contribution in [0.25, 0.3) is 0 Å². The molecule has 3 aromatic carbocycles. The lowest BCUT2D eigenvalue weighted by Crippen LogP contribution is -2.47. The predicted octanol–water partition coefficient (Wildman–Crippen LogP) is 4.25. The molecule has 1 aliphatic rings. The summed E-state index contributed by atoms with van der Waals surface area (Å²) in [6.45, 7) is 3.79. The Labute approximate surface area is 238 Å². The molecule has 0 aromatic heterocycles. The highest BCUT2D eigenvalue weighted by atomic mass is 35.5. The van der Waals surface area contributed by atoms with Crippen molar-refractivity contribution < 1.29 is 18.7 Å². The zero-order valence-corrected chi connectivity index (χ0v) is 23.4. The number of rotatable bonds is 9. The fourth-order valence-electron chi connectivity index (χ4n) is 4.30. The maximum atomic E-state index is 14.9. The summed E-state index contributed by atoms with van der Waals surface area (Å²) in [6.07, 6.45) is 0.910. The van der Waals surface area contributed by atoms with E-state index in [0.717, 1.165) is 18.0 Å². The zero-order chi connectivity index (χ0) is 28.6. The first kappa shape index (κ1) is 29.1. The van der Waals surface area contributed by atoms with Crippen LogP contribution in [0, 0.1) is 5.82 Å². The maximum absolute atomic E-state index is 14.9. The van der Waals surface area contributed by atoms with Crippen molar-refractivity contribution in [2.75, 3.05) is 74.4 Å². The van der Waals surface area contributed by atoms with Gasteiger partial charge in [-0.05, 0) is 87.7 Å². The number of carbonyl (C=O) groups is 2. The van der Waals surface area contributed by atoms with Crippen molar-refractivity contribution in [2.45, 2.75) is 6.42 Å². The number of carbonyl (C=O) groups excluding carboxylic acids is 2. The Balaban J connectivity index is 1.64. The van der Waals surface area contributed by atoms with Crippen LogP contribution in [-0.2, 0) is 4.74 Å². The largest absolute Gasteiger partial charge is 0.398 e. The Kier molecular flexibility index (Phi) is 9.81. The zero-order valence-electron chi connectivity index (χ0n) is 22.6.